The maximum Gasteiger partial charge on any atom is 0.321 e. The molecule has 0 aromatic heterocycles. The molecule has 2 rings (SSSR count). The van der Waals surface area contributed by atoms with Crippen LogP contribution in [0.3, 0.4) is 0 Å². The average Bonchev–Trinajstić information content (AvgIpc) is 2.80. The zero-order valence-corrected chi connectivity index (χ0v) is 13.4. The van der Waals surface area contributed by atoms with E-state index in [1.54, 1.807) is 0 Å². The molecule has 0 unspecified atom stereocenters. The van der Waals surface area contributed by atoms with E-state index in [1.165, 1.54) is 0 Å². The largest absolute Gasteiger partial charge is 0.480 e. The fourth-order valence-electron chi connectivity index (χ4n) is 2.77. The van der Waals surface area contributed by atoms with Crippen molar-refractivity contribution in [2.24, 2.45) is 5.41 Å². The van der Waals surface area contributed by atoms with Gasteiger partial charge in [0, 0.05) is 25.7 Å². The molecule has 1 aliphatic carbocycles. The molecule has 0 radical (unpaired) electrons. The van der Waals surface area contributed by atoms with E-state index < -0.39 is 29.4 Å². The SMILES string of the molecule is O=C(CCOCCN1C(=O)CCC1=O)OC1CC(C(=O)O)(C(=O)O)C1. The number of amides is 2. The topological polar surface area (TPSA) is 148 Å². The Bertz CT molecular complexity index is 562. The molecular formula is C15H19NO9. The van der Waals surface area contributed by atoms with Crippen LogP contribution in [-0.4, -0.2) is 70.7 Å². The number of carboxylic acid groups (broad SMARTS) is 2. The normalized spacial score (nSPS) is 19.6. The number of nitrogens with zero attached hydrogens (tertiary/aromatic N) is 1. The Morgan fingerprint density at radius 3 is 2.12 bits per heavy atom. The third-order valence-corrected chi connectivity index (χ3v) is 4.33. The molecule has 2 amide bonds. The van der Waals surface area contributed by atoms with Crippen LogP contribution in [0.1, 0.15) is 32.1 Å². The summed E-state index contributed by atoms with van der Waals surface area (Å²) in [5, 5.41) is 17.9. The van der Waals surface area contributed by atoms with Gasteiger partial charge >= 0.3 is 17.9 Å². The third kappa shape index (κ3) is 4.13. The Labute approximate surface area is 142 Å². The van der Waals surface area contributed by atoms with Crippen LogP contribution in [0.5, 0.6) is 0 Å². The number of imide groups is 1. The molecule has 2 aliphatic rings. The number of likely N-dealkylation sites (tertiary alicyclic amines) is 1. The van der Waals surface area contributed by atoms with Crippen LogP contribution in [0.25, 0.3) is 0 Å². The monoisotopic (exact) mass is 357 g/mol. The van der Waals surface area contributed by atoms with E-state index in [2.05, 4.69) is 0 Å². The van der Waals surface area contributed by atoms with E-state index in [0.717, 1.165) is 4.90 Å². The maximum absolute atomic E-state index is 11.6. The predicted octanol–water partition coefficient (Wildman–Crippen LogP) is -0.597. The highest BCUT2D eigenvalue weighted by atomic mass is 16.5. The van der Waals surface area contributed by atoms with Crippen molar-refractivity contribution in [3.63, 3.8) is 0 Å². The van der Waals surface area contributed by atoms with Crippen molar-refractivity contribution in [2.75, 3.05) is 19.8 Å². The minimum Gasteiger partial charge on any atom is -0.480 e. The number of carbonyl (C=O) groups is 5. The van der Waals surface area contributed by atoms with Gasteiger partial charge in [-0.1, -0.05) is 0 Å². The summed E-state index contributed by atoms with van der Waals surface area (Å²) in [6.45, 7) is 0.259. The van der Waals surface area contributed by atoms with Gasteiger partial charge < -0.3 is 19.7 Å². The van der Waals surface area contributed by atoms with Crippen molar-refractivity contribution in [3.8, 4) is 0 Å². The highest BCUT2D eigenvalue weighted by Crippen LogP contribution is 2.43. The quantitative estimate of drug-likeness (QED) is 0.239. The van der Waals surface area contributed by atoms with Crippen LogP contribution < -0.4 is 0 Å². The summed E-state index contributed by atoms with van der Waals surface area (Å²) >= 11 is 0. The van der Waals surface area contributed by atoms with Gasteiger partial charge in [-0.15, -0.1) is 0 Å². The molecule has 25 heavy (non-hydrogen) atoms. The Kier molecular flexibility index (Phi) is 5.73. The lowest BCUT2D eigenvalue weighted by Gasteiger charge is -2.39. The summed E-state index contributed by atoms with van der Waals surface area (Å²) in [5.74, 6) is -3.98. The van der Waals surface area contributed by atoms with Gasteiger partial charge in [0.05, 0.1) is 26.2 Å². The second kappa shape index (κ2) is 7.60. The molecular weight excluding hydrogens is 338 g/mol. The van der Waals surface area contributed by atoms with Gasteiger partial charge in [0.15, 0.2) is 5.41 Å². The molecule has 1 saturated heterocycles. The molecule has 1 saturated carbocycles. The van der Waals surface area contributed by atoms with Crippen LogP contribution in [0.4, 0.5) is 0 Å². The van der Waals surface area contributed by atoms with Crippen molar-refractivity contribution in [1.29, 1.82) is 0 Å². The second-order valence-electron chi connectivity index (χ2n) is 6.01. The molecule has 10 heteroatoms. The molecule has 0 aromatic carbocycles. The summed E-state index contributed by atoms with van der Waals surface area (Å²) in [5.41, 5.74) is -1.88. The van der Waals surface area contributed by atoms with Crippen LogP contribution in [0, 0.1) is 5.41 Å². The Balaban J connectivity index is 1.59. The number of rotatable bonds is 9. The summed E-state index contributed by atoms with van der Waals surface area (Å²) < 4.78 is 10.2. The van der Waals surface area contributed by atoms with Crippen molar-refractivity contribution < 1.29 is 43.7 Å². The Hall–Kier alpha value is -2.49. The molecule has 0 aromatic rings. The first-order chi connectivity index (χ1) is 11.8. The fourth-order valence-corrected chi connectivity index (χ4v) is 2.77. The molecule has 10 nitrogen and oxygen atoms in total. The number of aliphatic carboxylic acids is 2. The highest BCUT2D eigenvalue weighted by molar-refractivity contribution is 6.02. The van der Waals surface area contributed by atoms with Gasteiger partial charge in [-0.25, -0.2) is 0 Å². The molecule has 0 bridgehead atoms. The first kappa shape index (κ1) is 18.8. The van der Waals surface area contributed by atoms with E-state index in [9.17, 15) is 24.0 Å². The minimum absolute atomic E-state index is 0.0186. The standard InChI is InChI=1S/C15H19NO9/c17-10-1-2-11(18)16(10)4-6-24-5-3-12(19)25-9-7-15(8-9,13(20)21)14(22)23/h9H,1-8H2,(H,20,21)(H,22,23). The predicted molar refractivity (Wildman–Crippen MR) is 78.2 cm³/mol. The van der Waals surface area contributed by atoms with E-state index >= 15 is 0 Å². The molecule has 1 aliphatic heterocycles. The summed E-state index contributed by atoms with van der Waals surface area (Å²) in [7, 11) is 0. The molecule has 138 valence electrons. The number of hydrogen-bond donors (Lipinski definition) is 2. The third-order valence-electron chi connectivity index (χ3n) is 4.33. The molecule has 2 N–H and O–H groups in total. The lowest BCUT2D eigenvalue weighted by molar-refractivity contribution is -0.189. The number of ether oxygens (including phenoxy) is 2. The lowest BCUT2D eigenvalue weighted by atomic mass is 9.66. The lowest BCUT2D eigenvalue weighted by Crippen LogP contribution is -2.53. The molecule has 0 spiro atoms. The van der Waals surface area contributed by atoms with E-state index in [1.807, 2.05) is 0 Å². The van der Waals surface area contributed by atoms with Crippen LogP contribution in [0.15, 0.2) is 0 Å². The van der Waals surface area contributed by atoms with Gasteiger partial charge in [0.1, 0.15) is 6.10 Å². The molecule has 2 fully saturated rings. The zero-order valence-electron chi connectivity index (χ0n) is 13.4. The van der Waals surface area contributed by atoms with Crippen molar-refractivity contribution in [1.82, 2.24) is 4.90 Å². The van der Waals surface area contributed by atoms with Crippen molar-refractivity contribution in [3.05, 3.63) is 0 Å². The Morgan fingerprint density at radius 1 is 1.04 bits per heavy atom. The van der Waals surface area contributed by atoms with E-state index in [0.29, 0.717) is 0 Å². The van der Waals surface area contributed by atoms with Crippen LogP contribution >= 0.6 is 0 Å². The minimum atomic E-state index is -1.88. The first-order valence-electron chi connectivity index (χ1n) is 7.83. The van der Waals surface area contributed by atoms with Crippen LogP contribution in [-0.2, 0) is 33.4 Å². The van der Waals surface area contributed by atoms with E-state index in [-0.39, 0.29) is 63.7 Å². The van der Waals surface area contributed by atoms with Crippen molar-refractivity contribution in [2.45, 2.75) is 38.2 Å². The smallest absolute Gasteiger partial charge is 0.321 e. The van der Waals surface area contributed by atoms with Gasteiger partial charge in [-0.3, -0.25) is 28.9 Å². The Morgan fingerprint density at radius 2 is 1.60 bits per heavy atom. The van der Waals surface area contributed by atoms with Gasteiger partial charge in [-0.2, -0.15) is 0 Å². The van der Waals surface area contributed by atoms with Crippen LogP contribution in [0.2, 0.25) is 0 Å². The summed E-state index contributed by atoms with van der Waals surface area (Å²) in [6, 6.07) is 0. The second-order valence-corrected chi connectivity index (χ2v) is 6.01. The number of carbonyl (C=O) groups excluding carboxylic acids is 3. The fraction of sp³-hybridized carbons (Fsp3) is 0.667. The summed E-state index contributed by atoms with van der Waals surface area (Å²) in [6.07, 6.45) is -0.931. The average molecular weight is 357 g/mol. The summed E-state index contributed by atoms with van der Waals surface area (Å²) in [4.78, 5) is 57.4. The van der Waals surface area contributed by atoms with E-state index in [4.69, 9.17) is 19.7 Å². The number of hydrogen-bond acceptors (Lipinski definition) is 7. The maximum atomic E-state index is 11.6. The molecule has 1 heterocycles. The number of carboxylic acids is 2. The van der Waals surface area contributed by atoms with Gasteiger partial charge in [0.2, 0.25) is 11.8 Å². The first-order valence-corrected chi connectivity index (χ1v) is 7.83. The zero-order chi connectivity index (χ0) is 18.6. The number of esters is 1. The van der Waals surface area contributed by atoms with Crippen molar-refractivity contribution >= 4 is 29.7 Å². The van der Waals surface area contributed by atoms with Gasteiger partial charge in [-0.05, 0) is 0 Å². The molecule has 0 atom stereocenters. The highest BCUT2D eigenvalue weighted by Gasteiger charge is 2.58. The van der Waals surface area contributed by atoms with Gasteiger partial charge in [0.25, 0.3) is 0 Å².